The van der Waals surface area contributed by atoms with Crippen LogP contribution in [0.15, 0.2) is 29.6 Å². The van der Waals surface area contributed by atoms with Gasteiger partial charge in [-0.05, 0) is 24.8 Å². The van der Waals surface area contributed by atoms with Gasteiger partial charge in [0.15, 0.2) is 5.13 Å². The lowest BCUT2D eigenvalue weighted by molar-refractivity contribution is -0.120. The number of anilines is 1. The molecule has 7 heteroatoms. The van der Waals surface area contributed by atoms with Crippen LogP contribution >= 0.6 is 11.3 Å². The van der Waals surface area contributed by atoms with Gasteiger partial charge in [0.1, 0.15) is 6.61 Å². The van der Waals surface area contributed by atoms with Gasteiger partial charge < -0.3 is 10.1 Å². The molecule has 0 bridgehead atoms. The Morgan fingerprint density at radius 2 is 2.00 bits per heavy atom. The van der Waals surface area contributed by atoms with Crippen molar-refractivity contribution in [3.63, 3.8) is 0 Å². The molecule has 2 N–H and O–H groups in total. The third-order valence-corrected chi connectivity index (χ3v) is 4.36. The molecule has 0 unspecified atom stereocenters. The maximum atomic E-state index is 11.7. The second-order valence-electron chi connectivity index (χ2n) is 5.92. The van der Waals surface area contributed by atoms with Crippen molar-refractivity contribution in [3.8, 4) is 11.3 Å². The van der Waals surface area contributed by atoms with Crippen molar-refractivity contribution in [2.75, 3.05) is 25.1 Å². The van der Waals surface area contributed by atoms with Crippen LogP contribution in [0.1, 0.15) is 32.3 Å². The van der Waals surface area contributed by atoms with Crippen LogP contribution in [0.3, 0.4) is 0 Å². The topological polar surface area (TPSA) is 80.3 Å². The standard InChI is InChI=1S/C19H25N3O3S/c1-3-11-25-12-18(24)22-19-21-17(13-26-19)16-8-6-15(7-9-16)5-4-10-20-14(2)23/h6-9,13H,3-5,10-12H2,1-2H3,(H,20,23)(H,21,22,24). The predicted octanol–water partition coefficient (Wildman–Crippen LogP) is 3.24. The molecule has 140 valence electrons. The van der Waals surface area contributed by atoms with E-state index >= 15 is 0 Å². The fourth-order valence-corrected chi connectivity index (χ4v) is 3.06. The predicted molar refractivity (Wildman–Crippen MR) is 104 cm³/mol. The lowest BCUT2D eigenvalue weighted by atomic mass is 10.1. The Hall–Kier alpha value is -2.25. The molecule has 6 nitrogen and oxygen atoms in total. The van der Waals surface area contributed by atoms with E-state index in [0.717, 1.165) is 30.5 Å². The first-order valence-electron chi connectivity index (χ1n) is 8.75. The number of amides is 2. The Labute approximate surface area is 158 Å². The highest BCUT2D eigenvalue weighted by atomic mass is 32.1. The molecule has 0 aliphatic rings. The van der Waals surface area contributed by atoms with E-state index in [4.69, 9.17) is 4.74 Å². The number of thiazole rings is 1. The van der Waals surface area contributed by atoms with Gasteiger partial charge in [0, 0.05) is 31.0 Å². The number of aromatic nitrogens is 1. The van der Waals surface area contributed by atoms with Crippen molar-refractivity contribution < 1.29 is 14.3 Å². The zero-order valence-electron chi connectivity index (χ0n) is 15.2. The van der Waals surface area contributed by atoms with Crippen molar-refractivity contribution in [2.24, 2.45) is 0 Å². The quantitative estimate of drug-likeness (QED) is 0.625. The number of hydrogen-bond donors (Lipinski definition) is 2. The summed E-state index contributed by atoms with van der Waals surface area (Å²) in [5, 5.41) is 8.05. The van der Waals surface area contributed by atoms with Crippen molar-refractivity contribution in [2.45, 2.75) is 33.1 Å². The largest absolute Gasteiger partial charge is 0.372 e. The van der Waals surface area contributed by atoms with Gasteiger partial charge in [0.2, 0.25) is 5.91 Å². The van der Waals surface area contributed by atoms with E-state index in [2.05, 4.69) is 27.8 Å². The molecular formula is C19H25N3O3S. The minimum Gasteiger partial charge on any atom is -0.372 e. The monoisotopic (exact) mass is 375 g/mol. The minimum absolute atomic E-state index is 0.00343. The highest BCUT2D eigenvalue weighted by molar-refractivity contribution is 7.14. The normalized spacial score (nSPS) is 10.5. The molecule has 0 saturated heterocycles. The molecule has 0 saturated carbocycles. The van der Waals surface area contributed by atoms with Gasteiger partial charge >= 0.3 is 0 Å². The van der Waals surface area contributed by atoms with E-state index in [0.29, 0.717) is 18.3 Å². The molecule has 1 heterocycles. The molecule has 0 fully saturated rings. The molecule has 0 spiro atoms. The first-order valence-corrected chi connectivity index (χ1v) is 9.63. The zero-order valence-corrected chi connectivity index (χ0v) is 16.0. The third kappa shape index (κ3) is 6.93. The third-order valence-electron chi connectivity index (χ3n) is 3.60. The smallest absolute Gasteiger partial charge is 0.252 e. The molecular weight excluding hydrogens is 350 g/mol. The number of nitrogens with zero attached hydrogens (tertiary/aromatic N) is 1. The molecule has 0 radical (unpaired) electrons. The molecule has 0 aliphatic carbocycles. The summed E-state index contributed by atoms with van der Waals surface area (Å²) in [4.78, 5) is 27.0. The number of ether oxygens (including phenoxy) is 1. The molecule has 26 heavy (non-hydrogen) atoms. The second-order valence-corrected chi connectivity index (χ2v) is 6.78. The summed E-state index contributed by atoms with van der Waals surface area (Å²) in [7, 11) is 0. The van der Waals surface area contributed by atoms with Gasteiger partial charge in [0.25, 0.3) is 5.91 Å². The van der Waals surface area contributed by atoms with Crippen LogP contribution < -0.4 is 10.6 Å². The minimum atomic E-state index is -0.186. The lowest BCUT2D eigenvalue weighted by Crippen LogP contribution is -2.21. The van der Waals surface area contributed by atoms with E-state index in [9.17, 15) is 9.59 Å². The Balaban J connectivity index is 1.84. The average Bonchev–Trinajstić information content (AvgIpc) is 3.08. The summed E-state index contributed by atoms with van der Waals surface area (Å²) in [6.45, 7) is 4.84. The summed E-state index contributed by atoms with van der Waals surface area (Å²) in [6, 6.07) is 8.19. The van der Waals surface area contributed by atoms with Crippen LogP contribution in [0.4, 0.5) is 5.13 Å². The Morgan fingerprint density at radius 3 is 2.69 bits per heavy atom. The van der Waals surface area contributed by atoms with Crippen molar-refractivity contribution in [1.82, 2.24) is 10.3 Å². The van der Waals surface area contributed by atoms with E-state index in [1.807, 2.05) is 24.4 Å². The fourth-order valence-electron chi connectivity index (χ4n) is 2.33. The fraction of sp³-hybridized carbons (Fsp3) is 0.421. The summed E-state index contributed by atoms with van der Waals surface area (Å²) in [5.41, 5.74) is 3.06. The van der Waals surface area contributed by atoms with Crippen LogP contribution in [0.25, 0.3) is 11.3 Å². The Kier molecular flexibility index (Phi) is 8.24. The number of benzene rings is 1. The van der Waals surface area contributed by atoms with Crippen molar-refractivity contribution in [1.29, 1.82) is 0 Å². The maximum absolute atomic E-state index is 11.7. The van der Waals surface area contributed by atoms with Crippen LogP contribution in [0.5, 0.6) is 0 Å². The molecule has 1 aromatic heterocycles. The number of aryl methyl sites for hydroxylation is 1. The molecule has 2 amide bonds. The van der Waals surface area contributed by atoms with E-state index < -0.39 is 0 Å². The van der Waals surface area contributed by atoms with Crippen LogP contribution in [0, 0.1) is 0 Å². The first-order chi connectivity index (χ1) is 12.6. The summed E-state index contributed by atoms with van der Waals surface area (Å²) in [6.07, 6.45) is 2.71. The molecule has 2 aromatic rings. The summed E-state index contributed by atoms with van der Waals surface area (Å²) < 4.78 is 5.22. The van der Waals surface area contributed by atoms with Gasteiger partial charge in [-0.2, -0.15) is 0 Å². The first kappa shape index (κ1) is 20.1. The van der Waals surface area contributed by atoms with E-state index in [-0.39, 0.29) is 18.4 Å². The van der Waals surface area contributed by atoms with Gasteiger partial charge in [-0.1, -0.05) is 31.2 Å². The number of nitrogens with one attached hydrogen (secondary N) is 2. The van der Waals surface area contributed by atoms with Crippen molar-refractivity contribution in [3.05, 3.63) is 35.2 Å². The van der Waals surface area contributed by atoms with Crippen LogP contribution in [-0.2, 0) is 20.7 Å². The van der Waals surface area contributed by atoms with Gasteiger partial charge in [0.05, 0.1) is 5.69 Å². The summed E-state index contributed by atoms with van der Waals surface area (Å²) in [5.74, 6) is -0.183. The van der Waals surface area contributed by atoms with E-state index in [1.54, 1.807) is 0 Å². The van der Waals surface area contributed by atoms with Crippen molar-refractivity contribution >= 4 is 28.3 Å². The van der Waals surface area contributed by atoms with Crippen LogP contribution in [0.2, 0.25) is 0 Å². The maximum Gasteiger partial charge on any atom is 0.252 e. The molecule has 0 aliphatic heterocycles. The SMILES string of the molecule is CCCOCC(=O)Nc1nc(-c2ccc(CCCNC(C)=O)cc2)cs1. The van der Waals surface area contributed by atoms with Gasteiger partial charge in [-0.25, -0.2) is 4.98 Å². The number of hydrogen-bond acceptors (Lipinski definition) is 5. The number of carbonyl (C=O) groups excluding carboxylic acids is 2. The van der Waals surface area contributed by atoms with E-state index in [1.165, 1.54) is 23.8 Å². The molecule has 0 atom stereocenters. The summed E-state index contributed by atoms with van der Waals surface area (Å²) >= 11 is 1.40. The number of carbonyl (C=O) groups is 2. The Bertz CT molecular complexity index is 713. The lowest BCUT2D eigenvalue weighted by Gasteiger charge is -2.04. The Morgan fingerprint density at radius 1 is 1.23 bits per heavy atom. The second kappa shape index (κ2) is 10.7. The molecule has 1 aromatic carbocycles. The number of rotatable bonds is 10. The highest BCUT2D eigenvalue weighted by Crippen LogP contribution is 2.25. The molecule has 2 rings (SSSR count). The zero-order chi connectivity index (χ0) is 18.8. The average molecular weight is 375 g/mol. The van der Waals surface area contributed by atoms with Crippen LogP contribution in [-0.4, -0.2) is 36.6 Å². The van der Waals surface area contributed by atoms with Gasteiger partial charge in [-0.15, -0.1) is 11.3 Å². The highest BCUT2D eigenvalue weighted by Gasteiger charge is 2.08. The van der Waals surface area contributed by atoms with Gasteiger partial charge in [-0.3, -0.25) is 14.9 Å².